The minimum atomic E-state index is -4.64. The molecule has 122 heavy (non-hydrogen) atoms. The van der Waals surface area contributed by atoms with Crippen molar-refractivity contribution in [3.8, 4) is 0 Å². The molecule has 6 unspecified atom stereocenters. The molecule has 0 aliphatic carbocycles. The van der Waals surface area contributed by atoms with Crippen molar-refractivity contribution in [3.05, 3.63) is 107 Å². The number of methoxy groups -OCH3 is 1. The highest BCUT2D eigenvalue weighted by Gasteiger charge is 2.54. The summed E-state index contributed by atoms with van der Waals surface area (Å²) in [5.41, 5.74) is 0.340. The van der Waals surface area contributed by atoms with E-state index in [2.05, 4.69) is 58.4 Å². The highest BCUT2D eigenvalue weighted by Crippen LogP contribution is 2.59. The second kappa shape index (κ2) is 46.8. The summed E-state index contributed by atoms with van der Waals surface area (Å²) < 4.78 is 132. The molecule has 4 aliphatic heterocycles. The average Bonchev–Trinajstić information content (AvgIpc) is 1.60. The number of aliphatic hydroxyl groups is 1. The molecule has 6 amide bonds. The number of ether oxygens (including phenoxy) is 11. The molecule has 2 bridgehead atoms. The van der Waals surface area contributed by atoms with E-state index in [1.54, 1.807) is 84.2 Å². The molecule has 2 aromatic carbocycles. The number of alkyl halides is 1. The van der Waals surface area contributed by atoms with Crippen LogP contribution in [0.4, 0.5) is 20.3 Å². The van der Waals surface area contributed by atoms with Gasteiger partial charge in [0.15, 0.2) is 52.9 Å². The monoisotopic (exact) mass is 1790 g/mol. The number of anilines is 2. The number of benzene rings is 2. The van der Waals surface area contributed by atoms with E-state index in [0.717, 1.165) is 34.3 Å². The summed E-state index contributed by atoms with van der Waals surface area (Å²) in [6.45, 7) is 3.18. The zero-order chi connectivity index (χ0) is 87.6. The van der Waals surface area contributed by atoms with Gasteiger partial charge in [0, 0.05) is 62.2 Å². The fraction of sp³-hybridized carbons (Fsp3) is 0.597. The number of likely N-dealkylation sites (tertiary alicyclic amines) is 1. The fourth-order valence-corrected chi connectivity index (χ4v) is 16.5. The number of thiol groups is 1. The number of carbonyl (C=O) groups is 8. The SMILES string of the molecule is COCCOCCOCCOCCOCCOCCOCCOCCC(=O)N[C@@H](CCCCN1C(=O)CC(C)C1=O)C(=O)N[C@H](C(=O)C[C@@H](C)C(=O)Nc1ccc(COC(=O)C(C)Cc2ccccc2C(=O)Nc2ncnc3c2ncn3[C@@H]2O[C@@H]3COP(O)(=S)OC4C(O)[C@@H](COP(=O)(S)O[C@H]3[C@H]2F)O[C@H]4n2cc(F)c3c(=O)[nH]cnc32)cc1)C(C)C. The number of amides is 6. The lowest BCUT2D eigenvalue weighted by Gasteiger charge is -2.27. The molecule has 0 radical (unpaired) electrons. The van der Waals surface area contributed by atoms with E-state index in [1.165, 1.54) is 11.0 Å². The van der Waals surface area contributed by atoms with Crippen LogP contribution in [0.2, 0.25) is 0 Å². The summed E-state index contributed by atoms with van der Waals surface area (Å²) in [6, 6.07) is 10.8. The Morgan fingerprint density at radius 2 is 1.36 bits per heavy atom. The van der Waals surface area contributed by atoms with Gasteiger partial charge in [0.2, 0.25) is 29.5 Å². The van der Waals surface area contributed by atoms with Crippen molar-refractivity contribution in [2.75, 3.05) is 137 Å². The lowest BCUT2D eigenvalue weighted by atomic mass is 9.92. The van der Waals surface area contributed by atoms with Gasteiger partial charge in [-0.2, -0.15) is 0 Å². The number of fused-ring (bicyclic) bond motifs is 5. The zero-order valence-corrected chi connectivity index (χ0v) is 71.6. The Labute approximate surface area is 710 Å². The zero-order valence-electron chi connectivity index (χ0n) is 68.1. The number of ketones is 1. The van der Waals surface area contributed by atoms with Crippen molar-refractivity contribution in [2.45, 2.75) is 147 Å². The third-order valence-corrected chi connectivity index (χ3v) is 23.2. The van der Waals surface area contributed by atoms with E-state index in [0.29, 0.717) is 109 Å². The number of H-pyrrole nitrogens is 1. The summed E-state index contributed by atoms with van der Waals surface area (Å²) in [7, 11) is 1.61. The number of carbonyl (C=O) groups excluding carboxylic acids is 8. The van der Waals surface area contributed by atoms with Gasteiger partial charge in [-0.15, -0.1) is 0 Å². The maximum atomic E-state index is 17.0. The highest BCUT2D eigenvalue weighted by molar-refractivity contribution is 8.44. The van der Waals surface area contributed by atoms with E-state index >= 15 is 8.78 Å². The summed E-state index contributed by atoms with van der Waals surface area (Å²) in [6.07, 6.45) is -9.11. The van der Waals surface area contributed by atoms with Crippen molar-refractivity contribution >= 4 is 118 Å². The normalized spacial score (nSPS) is 23.5. The lowest BCUT2D eigenvalue weighted by molar-refractivity contribution is -0.149. The van der Waals surface area contributed by atoms with Crippen LogP contribution in [-0.4, -0.2) is 271 Å². The van der Waals surface area contributed by atoms with Gasteiger partial charge in [0.25, 0.3) is 11.5 Å². The number of imide groups is 1. The second-order valence-electron chi connectivity index (χ2n) is 29.5. The van der Waals surface area contributed by atoms with Crippen LogP contribution in [0.15, 0.2) is 78.5 Å². The number of esters is 1. The molecule has 10 rings (SSSR count). The molecule has 39 nitrogen and oxygen atoms in total. The van der Waals surface area contributed by atoms with Crippen LogP contribution in [0.5, 0.6) is 0 Å². The smallest absolute Gasteiger partial charge is 0.386 e. The van der Waals surface area contributed by atoms with Gasteiger partial charge >= 0.3 is 19.5 Å². The van der Waals surface area contributed by atoms with Crippen molar-refractivity contribution in [3.63, 3.8) is 0 Å². The molecule has 6 aromatic rings. The molecule has 670 valence electrons. The molecule has 8 heterocycles. The van der Waals surface area contributed by atoms with Gasteiger partial charge in [-0.25, -0.2) is 33.3 Å². The van der Waals surface area contributed by atoms with Crippen LogP contribution in [0, 0.1) is 29.5 Å². The highest BCUT2D eigenvalue weighted by atomic mass is 32.7. The number of nitrogens with one attached hydrogen (secondary N) is 5. The molecule has 4 aliphatic rings. The minimum Gasteiger partial charge on any atom is -0.461 e. The third kappa shape index (κ3) is 27.3. The first-order valence-electron chi connectivity index (χ1n) is 39.8. The fourth-order valence-electron chi connectivity index (χ4n) is 13.6. The number of Topliss-reactive ketones (excluding diaryl/α,β-unsaturated/α-hetero) is 1. The van der Waals surface area contributed by atoms with Crippen LogP contribution < -0.4 is 26.8 Å². The maximum absolute atomic E-state index is 17.0. The maximum Gasteiger partial charge on any atom is 0.386 e. The van der Waals surface area contributed by atoms with Crippen molar-refractivity contribution in [1.29, 1.82) is 0 Å². The number of hydrogen-bond acceptors (Lipinski definition) is 31. The average molecular weight is 1790 g/mol. The molecular weight excluding hydrogens is 1690 g/mol. The van der Waals surface area contributed by atoms with E-state index in [-0.39, 0.29) is 105 Å². The minimum absolute atomic E-state index is 0.0141. The molecule has 4 aromatic heterocycles. The number of halogens is 2. The number of hydrogen-bond donors (Lipinski definition) is 8. The number of nitrogens with zero attached hydrogens (tertiary/aromatic N) is 7. The number of rotatable bonds is 47. The Balaban J connectivity index is 0.652. The number of unbranched alkanes of at least 4 members (excludes halogenated alkanes) is 1. The lowest BCUT2D eigenvalue weighted by Crippen LogP contribution is -2.53. The van der Waals surface area contributed by atoms with Crippen LogP contribution >= 0.6 is 25.8 Å². The van der Waals surface area contributed by atoms with Crippen LogP contribution in [-0.2, 0) is 133 Å². The van der Waals surface area contributed by atoms with E-state index < -0.39 is 164 Å². The summed E-state index contributed by atoms with van der Waals surface area (Å²) >= 11 is 9.40. The Bertz CT molecular complexity index is 4690. The topological polar surface area (TPSA) is 478 Å². The predicted octanol–water partition coefficient (Wildman–Crippen LogP) is 5.32. The Morgan fingerprint density at radius 1 is 0.730 bits per heavy atom. The Hall–Kier alpha value is -7.98. The summed E-state index contributed by atoms with van der Waals surface area (Å²) in [4.78, 5) is 152. The van der Waals surface area contributed by atoms with Gasteiger partial charge in [-0.3, -0.25) is 66.2 Å². The molecule has 4 fully saturated rings. The Kier molecular flexibility index (Phi) is 36.9. The molecule has 7 N–H and O–H groups in total. The summed E-state index contributed by atoms with van der Waals surface area (Å²) in [5, 5.41) is 22.0. The summed E-state index contributed by atoms with van der Waals surface area (Å²) in [5.74, 6) is -7.55. The van der Waals surface area contributed by atoms with Crippen LogP contribution in [0.3, 0.4) is 0 Å². The van der Waals surface area contributed by atoms with Crippen LogP contribution in [0.1, 0.15) is 107 Å². The quantitative estimate of drug-likeness (QED) is 0.00787. The van der Waals surface area contributed by atoms with Gasteiger partial charge in [0.05, 0.1) is 137 Å². The van der Waals surface area contributed by atoms with Gasteiger partial charge in [0.1, 0.15) is 54.9 Å². The van der Waals surface area contributed by atoms with Gasteiger partial charge in [-0.05, 0) is 72.7 Å². The van der Waals surface area contributed by atoms with Crippen molar-refractivity contribution in [1.82, 2.24) is 49.6 Å². The second-order valence-corrected chi connectivity index (χ2v) is 35.2. The van der Waals surface area contributed by atoms with E-state index in [1.807, 2.05) is 0 Å². The first kappa shape index (κ1) is 96.2. The molecular formula is C77H104F2N12O27P2S2. The number of aromatic nitrogens is 7. The molecule has 4 saturated heterocycles. The van der Waals surface area contributed by atoms with Gasteiger partial charge < -0.3 is 97.4 Å². The predicted molar refractivity (Wildman–Crippen MR) is 435 cm³/mol. The standard InChI is InChI=1S/C77H104F2N12O27P2S2/c1-45(2)62(87-72(98)54(13-9-10-19-89-59(94)37-47(4)74(89)100)86-58(93)18-20-105-23-24-107-27-28-109-31-32-111-34-33-110-30-29-108-26-25-106-22-21-104-6)55(92)36-46(3)70(96)85-51-16-14-49(15-17-51)39-112-77(101)48(5)35-50-11-7-8-12-52(50)71(97)88-67-63-69(82-42-80-67)91(44-84-63)75-61(79)65-57(116-75)41-114-120(103,122)118-66-64(95)56(40-113-119(102,121)117-65)115-76(66)90-38-53(78)60-68(90)81-43-83-73(60)99/h7-8,11-12,14-17,38,42-48,54,56-57,61-62,64-66,75-76,95H,9-10,13,18-37,39-41H2,1-6H3,(H,85,96)(H,86,93)(H,87,98)(H,102,121)(H,103,122)(H,81,83,99)(H,80,82,88,97)/t46-,47?,48?,54+,56-,57-,61-,62+,64?,65-,66?,75-,76-,119?,120?/m1/s1. The first-order chi connectivity index (χ1) is 58.5. The molecule has 0 saturated carbocycles. The number of aliphatic hydroxyl groups excluding tert-OH is 1. The van der Waals surface area contributed by atoms with Crippen LogP contribution in [0.25, 0.3) is 22.2 Å². The molecule has 15 atom stereocenters. The Morgan fingerprint density at radius 3 is 2.00 bits per heavy atom. The largest absolute Gasteiger partial charge is 0.461 e. The number of imidazole rings is 1. The third-order valence-electron chi connectivity index (χ3n) is 20.0. The van der Waals surface area contributed by atoms with E-state index in [4.69, 9.17) is 82.0 Å². The first-order valence-corrected chi connectivity index (χ1v) is 45.1. The van der Waals surface area contributed by atoms with Crippen molar-refractivity contribution < 1.29 is 132 Å². The molecule has 45 heteroatoms. The molecule has 0 spiro atoms. The number of aromatic amines is 1. The van der Waals surface area contributed by atoms with Crippen molar-refractivity contribution in [2.24, 2.45) is 23.7 Å². The van der Waals surface area contributed by atoms with Gasteiger partial charge in [-0.1, -0.05) is 77.2 Å². The van der Waals surface area contributed by atoms with E-state index in [9.17, 15) is 57.7 Å².